The zero-order valence-corrected chi connectivity index (χ0v) is 9.06. The summed E-state index contributed by atoms with van der Waals surface area (Å²) >= 11 is 0. The largest absolute Gasteiger partial charge is 1.00 e. The fourth-order valence-electron chi connectivity index (χ4n) is 0.921. The molecule has 0 amide bonds. The number of hydrogen-bond donors (Lipinski definition) is 0. The van der Waals surface area contributed by atoms with Crippen molar-refractivity contribution in [3.05, 3.63) is 18.6 Å². The summed E-state index contributed by atoms with van der Waals surface area (Å²) in [5.41, 5.74) is 1.19. The van der Waals surface area contributed by atoms with Crippen molar-refractivity contribution in [1.82, 2.24) is 4.90 Å². The zero-order valence-electron chi connectivity index (χ0n) is 9.06. The summed E-state index contributed by atoms with van der Waals surface area (Å²) < 4.78 is 0. The van der Waals surface area contributed by atoms with Gasteiger partial charge < -0.3 is 4.90 Å². The van der Waals surface area contributed by atoms with Gasteiger partial charge in [0.1, 0.15) is 0 Å². The maximum atomic E-state index is 3.82. The first kappa shape index (κ1) is 14.7. The Kier molecular flexibility index (Phi) is 11.3. The average Bonchev–Trinajstić information content (AvgIpc) is 1.85. The van der Waals surface area contributed by atoms with Gasteiger partial charge in [0.25, 0.3) is 0 Å². The molecule has 0 rings (SSSR count). The van der Waals surface area contributed by atoms with Gasteiger partial charge in [-0.3, -0.25) is 0 Å². The van der Waals surface area contributed by atoms with E-state index in [9.17, 15) is 0 Å². The average molecular weight is 161 g/mol. The normalized spacial score (nSPS) is 11.5. The van der Waals surface area contributed by atoms with E-state index >= 15 is 0 Å². The third-order valence-electron chi connectivity index (χ3n) is 1.55. The number of allylic oxidation sites excluding steroid dienone is 2. The molecule has 2 heteroatoms. The molecule has 0 aromatic rings. The van der Waals surface area contributed by atoms with Crippen LogP contribution in [-0.2, 0) is 0 Å². The van der Waals surface area contributed by atoms with Crippen molar-refractivity contribution in [2.45, 2.75) is 26.2 Å². The molecule has 0 saturated heterocycles. The van der Waals surface area contributed by atoms with Gasteiger partial charge in [-0.15, -0.1) is 6.42 Å². The van der Waals surface area contributed by atoms with Crippen molar-refractivity contribution >= 4 is 0 Å². The molecule has 0 spiro atoms. The van der Waals surface area contributed by atoms with Crippen molar-refractivity contribution in [2.24, 2.45) is 0 Å². The Labute approximate surface area is 89.4 Å². The third kappa shape index (κ3) is 12.8. The van der Waals surface area contributed by atoms with Crippen LogP contribution in [-0.4, -0.2) is 25.5 Å². The van der Waals surface area contributed by atoms with Crippen LogP contribution < -0.4 is 18.9 Å². The quantitative estimate of drug-likeness (QED) is 0.298. The fraction of sp³-hybridized carbons (Fsp3) is 0.700. The van der Waals surface area contributed by atoms with E-state index in [1.54, 1.807) is 0 Å². The second-order valence-electron chi connectivity index (χ2n) is 3.35. The molecule has 0 aliphatic heterocycles. The first-order chi connectivity index (χ1) is 5.13. The van der Waals surface area contributed by atoms with E-state index in [0.29, 0.717) is 0 Å². The predicted octanol–water partition coefficient (Wildman–Crippen LogP) is -0.497. The minimum Gasteiger partial charge on any atom is -0.309 e. The third-order valence-corrected chi connectivity index (χ3v) is 1.55. The molecule has 0 unspecified atom stereocenters. The summed E-state index contributed by atoms with van der Waals surface area (Å²) in [5.74, 6) is 0. The maximum absolute atomic E-state index is 3.82. The molecule has 0 aromatic heterocycles. The van der Waals surface area contributed by atoms with Crippen LogP contribution in [0.1, 0.15) is 26.2 Å². The molecule has 0 N–H and O–H groups in total. The molecule has 0 atom stereocenters. The van der Waals surface area contributed by atoms with Crippen molar-refractivity contribution < 1.29 is 18.9 Å². The van der Waals surface area contributed by atoms with E-state index in [1.807, 2.05) is 6.92 Å². The Morgan fingerprint density at radius 1 is 1.33 bits per heavy atom. The van der Waals surface area contributed by atoms with E-state index in [1.165, 1.54) is 31.4 Å². The Balaban J connectivity index is 0. The summed E-state index contributed by atoms with van der Waals surface area (Å²) in [4.78, 5) is 2.22. The van der Waals surface area contributed by atoms with Gasteiger partial charge in [-0.25, -0.2) is 18.6 Å². The number of nitrogens with zero attached hydrogens (tertiary/aromatic N) is 1. The van der Waals surface area contributed by atoms with Crippen LogP contribution in [0.2, 0.25) is 0 Å². The molecule has 66 valence electrons. The Hall–Kier alpha value is 0.167. The van der Waals surface area contributed by atoms with Crippen molar-refractivity contribution in [3.8, 4) is 0 Å². The van der Waals surface area contributed by atoms with Crippen LogP contribution in [0.4, 0.5) is 0 Å². The first-order valence-electron chi connectivity index (χ1n) is 4.26. The molecule has 0 radical (unpaired) electrons. The molecule has 12 heavy (non-hydrogen) atoms. The summed E-state index contributed by atoms with van der Waals surface area (Å²) in [6.45, 7) is 7.07. The van der Waals surface area contributed by atoms with E-state index in [0.717, 1.165) is 0 Å². The number of rotatable bonds is 5. The van der Waals surface area contributed by atoms with Crippen LogP contribution in [0.25, 0.3) is 0 Å². The van der Waals surface area contributed by atoms with Crippen molar-refractivity contribution in [1.29, 1.82) is 0 Å². The number of unbranched alkanes of at least 4 members (excludes halogenated alkanes) is 2. The Morgan fingerprint density at radius 3 is 2.33 bits per heavy atom. The van der Waals surface area contributed by atoms with Crippen LogP contribution in [0.5, 0.6) is 0 Å². The monoisotopic (exact) mass is 161 g/mol. The molecule has 1 nitrogen and oxygen atoms in total. The van der Waals surface area contributed by atoms with Crippen LogP contribution in [0.15, 0.2) is 11.6 Å². The van der Waals surface area contributed by atoms with Gasteiger partial charge in [0, 0.05) is 0 Å². The van der Waals surface area contributed by atoms with Crippen LogP contribution >= 0.6 is 0 Å². The topological polar surface area (TPSA) is 3.24 Å². The Bertz CT molecular complexity index is 115. The van der Waals surface area contributed by atoms with Gasteiger partial charge >= 0.3 is 18.9 Å². The molecule has 0 aliphatic rings. The van der Waals surface area contributed by atoms with Crippen LogP contribution in [0.3, 0.4) is 0 Å². The molecule has 0 aromatic carbocycles. The summed E-state index contributed by atoms with van der Waals surface area (Å²) in [7, 11) is 4.23. The predicted molar refractivity (Wildman–Crippen MR) is 51.5 cm³/mol. The molecule has 0 saturated carbocycles. The van der Waals surface area contributed by atoms with Crippen molar-refractivity contribution in [2.75, 3.05) is 20.6 Å². The van der Waals surface area contributed by atoms with E-state index in [-0.39, 0.29) is 18.9 Å². The van der Waals surface area contributed by atoms with Gasteiger partial charge in [0.15, 0.2) is 0 Å². The SMILES string of the molecule is [CH2-]/C(C)=C/CCCCN(C)C.[Li+]. The first-order valence-corrected chi connectivity index (χ1v) is 4.26. The molecule has 0 fully saturated rings. The standard InChI is InChI=1S/C10H20N.Li/c1-10(2)8-6-5-7-9-11(3)4;/h8H,1,5-7,9H2,2-4H3;/q-1;+1/b10-8-;. The van der Waals surface area contributed by atoms with Crippen molar-refractivity contribution in [3.63, 3.8) is 0 Å². The van der Waals surface area contributed by atoms with Gasteiger partial charge in [-0.1, -0.05) is 13.3 Å². The summed E-state index contributed by atoms with van der Waals surface area (Å²) in [6.07, 6.45) is 5.96. The minimum absolute atomic E-state index is 0. The Morgan fingerprint density at radius 2 is 1.92 bits per heavy atom. The van der Waals surface area contributed by atoms with E-state index < -0.39 is 0 Å². The van der Waals surface area contributed by atoms with Gasteiger partial charge in [0.2, 0.25) is 0 Å². The van der Waals surface area contributed by atoms with E-state index in [4.69, 9.17) is 0 Å². The zero-order chi connectivity index (χ0) is 8.69. The smallest absolute Gasteiger partial charge is 0.309 e. The van der Waals surface area contributed by atoms with Gasteiger partial charge in [-0.05, 0) is 27.1 Å². The second kappa shape index (κ2) is 9.26. The molecular formula is C10H20LiN. The van der Waals surface area contributed by atoms with Crippen LogP contribution in [0, 0.1) is 6.92 Å². The second-order valence-corrected chi connectivity index (χ2v) is 3.35. The fourth-order valence-corrected chi connectivity index (χ4v) is 0.921. The van der Waals surface area contributed by atoms with Gasteiger partial charge in [-0.2, -0.15) is 0 Å². The number of hydrogen-bond acceptors (Lipinski definition) is 1. The van der Waals surface area contributed by atoms with Gasteiger partial charge in [0.05, 0.1) is 0 Å². The molecule has 0 aliphatic carbocycles. The summed E-state index contributed by atoms with van der Waals surface area (Å²) in [6, 6.07) is 0. The maximum Gasteiger partial charge on any atom is 1.00 e. The molecule has 0 heterocycles. The summed E-state index contributed by atoms with van der Waals surface area (Å²) in [5, 5.41) is 0. The molecular weight excluding hydrogens is 141 g/mol. The molecule has 0 bridgehead atoms. The minimum atomic E-state index is 0. The van der Waals surface area contributed by atoms with E-state index in [2.05, 4.69) is 32.0 Å².